The molecule has 4 aromatic rings. The van der Waals surface area contributed by atoms with E-state index in [4.69, 9.17) is 9.05 Å². The van der Waals surface area contributed by atoms with E-state index in [1.165, 1.54) is 24.3 Å². The largest absolute Gasteiger partial charge is 0.339 e. The summed E-state index contributed by atoms with van der Waals surface area (Å²) in [6.45, 7) is 0. The molecule has 130 valence electrons. The van der Waals surface area contributed by atoms with Crippen molar-refractivity contribution in [1.29, 1.82) is 0 Å². The molecule has 0 spiro atoms. The predicted molar refractivity (Wildman–Crippen MR) is 86.8 cm³/mol. The fourth-order valence-corrected chi connectivity index (χ4v) is 2.36. The van der Waals surface area contributed by atoms with E-state index >= 15 is 0 Å². The van der Waals surface area contributed by atoms with E-state index < -0.39 is 0 Å². The van der Waals surface area contributed by atoms with Crippen LogP contribution in [-0.4, -0.2) is 20.3 Å². The predicted octanol–water partition coefficient (Wildman–Crippen LogP) is 3.85. The molecule has 2 aromatic carbocycles. The van der Waals surface area contributed by atoms with Crippen LogP contribution >= 0.6 is 0 Å². The molecule has 0 aliphatic carbocycles. The highest BCUT2D eigenvalue weighted by Gasteiger charge is 2.13. The van der Waals surface area contributed by atoms with Crippen LogP contribution in [0.15, 0.2) is 57.6 Å². The highest BCUT2D eigenvalue weighted by Crippen LogP contribution is 2.18. The number of nitrogens with zero attached hydrogens (tertiary/aromatic N) is 4. The molecule has 0 N–H and O–H groups in total. The zero-order chi connectivity index (χ0) is 17.9. The molecule has 0 bridgehead atoms. The quantitative estimate of drug-likeness (QED) is 0.542. The van der Waals surface area contributed by atoms with Crippen LogP contribution in [0.1, 0.15) is 11.8 Å². The van der Waals surface area contributed by atoms with E-state index in [1.54, 1.807) is 24.3 Å². The smallest absolute Gasteiger partial charge is 0.227 e. The van der Waals surface area contributed by atoms with Gasteiger partial charge >= 0.3 is 0 Å². The van der Waals surface area contributed by atoms with E-state index in [-0.39, 0.29) is 11.6 Å². The van der Waals surface area contributed by atoms with Gasteiger partial charge in [0.25, 0.3) is 0 Å². The second-order valence-corrected chi connectivity index (χ2v) is 5.54. The normalized spacial score (nSPS) is 11.0. The number of aryl methyl sites for hydroxylation is 2. The van der Waals surface area contributed by atoms with Crippen LogP contribution in [0.2, 0.25) is 0 Å². The molecule has 0 saturated carbocycles. The summed E-state index contributed by atoms with van der Waals surface area (Å²) in [5.41, 5.74) is 1.33. The van der Waals surface area contributed by atoms with Gasteiger partial charge in [0.2, 0.25) is 23.4 Å². The summed E-state index contributed by atoms with van der Waals surface area (Å²) in [4.78, 5) is 8.54. The lowest BCUT2D eigenvalue weighted by Gasteiger charge is -1.93. The Bertz CT molecular complexity index is 927. The highest BCUT2D eigenvalue weighted by molar-refractivity contribution is 5.54. The topological polar surface area (TPSA) is 77.8 Å². The lowest BCUT2D eigenvalue weighted by Crippen LogP contribution is -1.92. The Balaban J connectivity index is 1.42. The first-order valence-electron chi connectivity index (χ1n) is 7.84. The molecule has 2 heterocycles. The summed E-state index contributed by atoms with van der Waals surface area (Å²) in [6.07, 6.45) is 0.832. The van der Waals surface area contributed by atoms with Gasteiger partial charge in [-0.05, 0) is 48.5 Å². The maximum atomic E-state index is 13.0. The molecule has 0 amide bonds. The van der Waals surface area contributed by atoms with E-state index in [2.05, 4.69) is 20.3 Å². The number of benzene rings is 2. The second-order valence-electron chi connectivity index (χ2n) is 5.54. The van der Waals surface area contributed by atoms with Crippen molar-refractivity contribution in [2.24, 2.45) is 0 Å². The maximum absolute atomic E-state index is 13.0. The average Bonchev–Trinajstić information content (AvgIpc) is 3.31. The summed E-state index contributed by atoms with van der Waals surface area (Å²) in [7, 11) is 0. The third-order valence-electron chi connectivity index (χ3n) is 3.69. The van der Waals surface area contributed by atoms with Crippen LogP contribution in [0.5, 0.6) is 0 Å². The SMILES string of the molecule is Fc1ccc(-c2noc(CCc3nc(-c4ccc(F)cc4)no3)n2)cc1. The Morgan fingerprint density at radius 2 is 1.00 bits per heavy atom. The highest BCUT2D eigenvalue weighted by atomic mass is 19.1. The Kier molecular flexibility index (Phi) is 4.22. The molecule has 0 fully saturated rings. The van der Waals surface area contributed by atoms with Crippen LogP contribution in [-0.2, 0) is 12.8 Å². The van der Waals surface area contributed by atoms with Crippen LogP contribution in [0.3, 0.4) is 0 Å². The molecule has 8 heteroatoms. The summed E-state index contributed by atoms with van der Waals surface area (Å²) in [5, 5.41) is 7.76. The van der Waals surface area contributed by atoms with Gasteiger partial charge in [-0.2, -0.15) is 9.97 Å². The van der Waals surface area contributed by atoms with Crippen molar-refractivity contribution in [1.82, 2.24) is 20.3 Å². The Morgan fingerprint density at radius 3 is 1.38 bits per heavy atom. The van der Waals surface area contributed by atoms with Gasteiger partial charge in [0, 0.05) is 24.0 Å². The van der Waals surface area contributed by atoms with Gasteiger partial charge < -0.3 is 9.05 Å². The number of aromatic nitrogens is 4. The van der Waals surface area contributed by atoms with Crippen molar-refractivity contribution in [2.75, 3.05) is 0 Å². The minimum absolute atomic E-state index is 0.328. The summed E-state index contributed by atoms with van der Waals surface area (Å²) < 4.78 is 36.3. The fourth-order valence-electron chi connectivity index (χ4n) is 2.36. The van der Waals surface area contributed by atoms with Crippen LogP contribution < -0.4 is 0 Å². The minimum Gasteiger partial charge on any atom is -0.339 e. The van der Waals surface area contributed by atoms with Gasteiger partial charge in [0.05, 0.1) is 0 Å². The summed E-state index contributed by atoms with van der Waals surface area (Å²) in [5.74, 6) is 0.934. The lowest BCUT2D eigenvalue weighted by molar-refractivity contribution is 0.354. The Labute approximate surface area is 146 Å². The van der Waals surface area contributed by atoms with Crippen molar-refractivity contribution < 1.29 is 17.8 Å². The van der Waals surface area contributed by atoms with Crippen molar-refractivity contribution in [3.8, 4) is 22.8 Å². The van der Waals surface area contributed by atoms with E-state index in [0.717, 1.165) is 0 Å². The first-order chi connectivity index (χ1) is 12.7. The molecule has 6 nitrogen and oxygen atoms in total. The van der Waals surface area contributed by atoms with Crippen molar-refractivity contribution in [2.45, 2.75) is 12.8 Å². The molecule has 0 saturated heterocycles. The van der Waals surface area contributed by atoms with E-state index in [0.29, 0.717) is 47.4 Å². The summed E-state index contributed by atoms with van der Waals surface area (Å²) >= 11 is 0. The molecule has 2 aromatic heterocycles. The Hall–Kier alpha value is -3.42. The lowest BCUT2D eigenvalue weighted by atomic mass is 10.2. The van der Waals surface area contributed by atoms with Crippen LogP contribution in [0.4, 0.5) is 8.78 Å². The first kappa shape index (κ1) is 16.1. The molecular weight excluding hydrogens is 342 g/mol. The van der Waals surface area contributed by atoms with Gasteiger partial charge in [-0.1, -0.05) is 10.3 Å². The zero-order valence-corrected chi connectivity index (χ0v) is 13.4. The van der Waals surface area contributed by atoms with Gasteiger partial charge in [0.15, 0.2) is 0 Å². The molecule has 0 aliphatic rings. The second kappa shape index (κ2) is 6.83. The number of rotatable bonds is 5. The van der Waals surface area contributed by atoms with Gasteiger partial charge in [-0.15, -0.1) is 0 Å². The van der Waals surface area contributed by atoms with E-state index in [9.17, 15) is 8.78 Å². The minimum atomic E-state index is -0.328. The first-order valence-corrected chi connectivity index (χ1v) is 7.84. The standard InChI is InChI=1S/C18H12F2N4O2/c19-13-5-1-11(2-6-13)17-21-15(25-23-17)9-10-16-22-18(24-26-16)12-3-7-14(20)8-4-12/h1-8H,9-10H2. The molecule has 26 heavy (non-hydrogen) atoms. The van der Waals surface area contributed by atoms with Gasteiger partial charge in [0.1, 0.15) is 11.6 Å². The molecule has 0 radical (unpaired) electrons. The molecular formula is C18H12F2N4O2. The maximum Gasteiger partial charge on any atom is 0.227 e. The van der Waals surface area contributed by atoms with Crippen LogP contribution in [0.25, 0.3) is 22.8 Å². The molecule has 0 aliphatic heterocycles. The zero-order valence-electron chi connectivity index (χ0n) is 13.4. The number of halogens is 2. The number of hydrogen-bond acceptors (Lipinski definition) is 6. The van der Waals surface area contributed by atoms with Crippen molar-refractivity contribution in [3.05, 3.63) is 71.9 Å². The van der Waals surface area contributed by atoms with Crippen molar-refractivity contribution in [3.63, 3.8) is 0 Å². The van der Waals surface area contributed by atoms with Crippen molar-refractivity contribution >= 4 is 0 Å². The van der Waals surface area contributed by atoms with E-state index in [1.807, 2.05) is 0 Å². The van der Waals surface area contributed by atoms with Crippen LogP contribution in [0, 0.1) is 11.6 Å². The Morgan fingerprint density at radius 1 is 0.615 bits per heavy atom. The van der Waals surface area contributed by atoms with Gasteiger partial charge in [-0.25, -0.2) is 8.78 Å². The third kappa shape index (κ3) is 3.49. The fraction of sp³-hybridized carbons (Fsp3) is 0.111. The molecule has 0 unspecified atom stereocenters. The third-order valence-corrected chi connectivity index (χ3v) is 3.69. The molecule has 4 rings (SSSR count). The average molecular weight is 354 g/mol. The molecule has 0 atom stereocenters. The summed E-state index contributed by atoms with van der Waals surface area (Å²) in [6, 6.07) is 11.7. The van der Waals surface area contributed by atoms with Gasteiger partial charge in [-0.3, -0.25) is 0 Å². The number of hydrogen-bond donors (Lipinski definition) is 0. The monoisotopic (exact) mass is 354 g/mol.